The van der Waals surface area contributed by atoms with Crippen LogP contribution in [0.1, 0.15) is 49.9 Å². The Kier molecular flexibility index (Phi) is 4.51. The van der Waals surface area contributed by atoms with Gasteiger partial charge in [0.15, 0.2) is 5.69 Å². The van der Waals surface area contributed by atoms with E-state index in [1.54, 1.807) is 0 Å². The van der Waals surface area contributed by atoms with Crippen LogP contribution in [0.3, 0.4) is 0 Å². The van der Waals surface area contributed by atoms with Crippen molar-refractivity contribution >= 4 is 11.4 Å². The number of hydrogen-bond donors (Lipinski definition) is 2. The first kappa shape index (κ1) is 18.4. The van der Waals surface area contributed by atoms with Crippen molar-refractivity contribution in [3.63, 3.8) is 0 Å². The molecule has 2 aromatic rings. The van der Waals surface area contributed by atoms with Crippen molar-refractivity contribution in [2.75, 3.05) is 26.2 Å². The maximum absolute atomic E-state index is 12.8. The number of β-amino-alcohol motifs (C(OH)–C–C–N with tert-alkyl or cyclic N) is 1. The number of nitrogens with one attached hydrogen (secondary N) is 1. The van der Waals surface area contributed by atoms with E-state index in [-0.39, 0.29) is 11.8 Å². The highest BCUT2D eigenvalue weighted by Gasteiger charge is 2.55. The van der Waals surface area contributed by atoms with Crippen molar-refractivity contribution in [3.8, 4) is 0 Å². The molecular weight excluding hydrogens is 340 g/mol. The van der Waals surface area contributed by atoms with Crippen LogP contribution in [-0.4, -0.2) is 57.1 Å². The molecule has 2 aliphatic rings. The van der Waals surface area contributed by atoms with Crippen molar-refractivity contribution in [3.05, 3.63) is 35.9 Å². The lowest BCUT2D eigenvalue weighted by Crippen LogP contribution is -2.39. The number of carbonyl (C=O) groups is 1. The van der Waals surface area contributed by atoms with Crippen molar-refractivity contribution < 1.29 is 9.90 Å². The first-order chi connectivity index (χ1) is 12.7. The molecular formula is C21H30N4O2. The van der Waals surface area contributed by atoms with Crippen molar-refractivity contribution in [2.24, 2.45) is 17.8 Å². The second-order valence-corrected chi connectivity index (χ2v) is 9.14. The van der Waals surface area contributed by atoms with Gasteiger partial charge in [-0.05, 0) is 43.7 Å². The van der Waals surface area contributed by atoms with Crippen molar-refractivity contribution in [1.29, 1.82) is 0 Å². The second kappa shape index (κ2) is 6.60. The molecule has 6 heteroatoms. The largest absolute Gasteiger partial charge is 0.389 e. The number of imidazole rings is 1. The zero-order valence-electron chi connectivity index (χ0n) is 16.6. The minimum atomic E-state index is -0.642. The maximum Gasteiger partial charge on any atom is 0.272 e. The molecule has 2 N–H and O–H groups in total. The van der Waals surface area contributed by atoms with E-state index >= 15 is 0 Å². The molecule has 0 radical (unpaired) electrons. The number of hydrogen-bond acceptors (Lipinski definition) is 4. The number of likely N-dealkylation sites (tertiary alicyclic amines) is 1. The Balaban J connectivity index is 1.36. The average molecular weight is 370 g/mol. The first-order valence-electron chi connectivity index (χ1n) is 9.94. The van der Waals surface area contributed by atoms with E-state index in [1.165, 1.54) is 0 Å². The van der Waals surface area contributed by atoms with Gasteiger partial charge in [0.25, 0.3) is 5.91 Å². The van der Waals surface area contributed by atoms with Gasteiger partial charge in [-0.15, -0.1) is 0 Å². The Morgan fingerprint density at radius 2 is 2.04 bits per heavy atom. The number of amides is 1. The molecule has 1 amide bonds. The van der Waals surface area contributed by atoms with E-state index in [2.05, 4.69) is 29.0 Å². The molecule has 6 nitrogen and oxygen atoms in total. The average Bonchev–Trinajstić information content (AvgIpc) is 2.95. The smallest absolute Gasteiger partial charge is 0.272 e. The van der Waals surface area contributed by atoms with Gasteiger partial charge in [0.05, 0.1) is 11.1 Å². The lowest BCUT2D eigenvalue weighted by molar-refractivity contribution is 0.0389. The van der Waals surface area contributed by atoms with Gasteiger partial charge < -0.3 is 14.8 Å². The molecule has 0 bridgehead atoms. The second-order valence-electron chi connectivity index (χ2n) is 9.14. The molecule has 1 aliphatic heterocycles. The van der Waals surface area contributed by atoms with Gasteiger partial charge in [-0.2, -0.15) is 0 Å². The molecule has 1 unspecified atom stereocenters. The predicted molar refractivity (Wildman–Crippen MR) is 105 cm³/mol. The molecule has 0 spiro atoms. The summed E-state index contributed by atoms with van der Waals surface area (Å²) in [6, 6.07) is 5.86. The predicted octanol–water partition coefficient (Wildman–Crippen LogP) is 2.14. The summed E-state index contributed by atoms with van der Waals surface area (Å²) < 4.78 is 2.01. The van der Waals surface area contributed by atoms with Crippen molar-refractivity contribution in [1.82, 2.24) is 19.6 Å². The Hall–Kier alpha value is -1.92. The first-order valence-corrected chi connectivity index (χ1v) is 9.94. The molecule has 4 rings (SSSR count). The van der Waals surface area contributed by atoms with Crippen LogP contribution in [-0.2, 0) is 0 Å². The van der Waals surface area contributed by atoms with E-state index in [4.69, 9.17) is 0 Å². The molecule has 2 aromatic heterocycles. The Morgan fingerprint density at radius 1 is 1.33 bits per heavy atom. The molecule has 1 saturated carbocycles. The van der Waals surface area contributed by atoms with Crippen LogP contribution in [0.2, 0.25) is 0 Å². The lowest BCUT2D eigenvalue weighted by atomic mass is 10.1. The van der Waals surface area contributed by atoms with Crippen LogP contribution in [0.5, 0.6) is 0 Å². The fourth-order valence-corrected chi connectivity index (χ4v) is 4.65. The number of aromatic nitrogens is 2. The van der Waals surface area contributed by atoms with E-state index < -0.39 is 5.60 Å². The maximum atomic E-state index is 12.8. The number of nitrogens with zero attached hydrogens (tertiary/aromatic N) is 3. The summed E-state index contributed by atoms with van der Waals surface area (Å²) in [5, 5.41) is 13.1. The normalized spacial score (nSPS) is 25.2. The Bertz CT molecular complexity index is 839. The highest BCUT2D eigenvalue weighted by Crippen LogP contribution is 2.51. The third-order valence-corrected chi connectivity index (χ3v) is 5.86. The van der Waals surface area contributed by atoms with Gasteiger partial charge in [0.2, 0.25) is 0 Å². The molecule has 27 heavy (non-hydrogen) atoms. The third kappa shape index (κ3) is 3.60. The van der Waals surface area contributed by atoms with Gasteiger partial charge in [-0.1, -0.05) is 19.9 Å². The quantitative estimate of drug-likeness (QED) is 0.817. The summed E-state index contributed by atoms with van der Waals surface area (Å²) in [4.78, 5) is 19.7. The molecule has 0 aromatic carbocycles. The fraction of sp³-hybridized carbons (Fsp3) is 0.619. The summed E-state index contributed by atoms with van der Waals surface area (Å²) >= 11 is 0. The SMILES string of the molecule is CC(C)c1nc(C(=O)NCC2[C@H]3CN(CC(C)(C)O)C[C@@H]23)c2ccccn12. The summed E-state index contributed by atoms with van der Waals surface area (Å²) in [6.45, 7) is 11.4. The summed E-state index contributed by atoms with van der Waals surface area (Å²) in [7, 11) is 0. The van der Waals surface area contributed by atoms with Gasteiger partial charge >= 0.3 is 0 Å². The summed E-state index contributed by atoms with van der Waals surface area (Å²) in [5.41, 5.74) is 0.747. The number of fused-ring (bicyclic) bond motifs is 2. The topological polar surface area (TPSA) is 69.9 Å². The van der Waals surface area contributed by atoms with Gasteiger partial charge in [0, 0.05) is 38.3 Å². The summed E-state index contributed by atoms with van der Waals surface area (Å²) in [5.74, 6) is 2.96. The Morgan fingerprint density at radius 3 is 2.67 bits per heavy atom. The zero-order chi connectivity index (χ0) is 19.3. The van der Waals surface area contributed by atoms with E-state index in [9.17, 15) is 9.90 Å². The molecule has 3 heterocycles. The van der Waals surface area contributed by atoms with Crippen LogP contribution in [0.25, 0.3) is 5.52 Å². The van der Waals surface area contributed by atoms with Crippen LogP contribution >= 0.6 is 0 Å². The number of carbonyl (C=O) groups excluding carboxylic acids is 1. The van der Waals surface area contributed by atoms with E-state index in [1.807, 2.05) is 42.6 Å². The molecule has 1 saturated heterocycles. The number of aliphatic hydroxyl groups is 1. The molecule has 1 aliphatic carbocycles. The van der Waals surface area contributed by atoms with Gasteiger partial charge in [-0.3, -0.25) is 9.69 Å². The fourth-order valence-electron chi connectivity index (χ4n) is 4.65. The third-order valence-electron chi connectivity index (χ3n) is 5.86. The molecule has 2 fully saturated rings. The minimum Gasteiger partial charge on any atom is -0.389 e. The Labute approximate surface area is 160 Å². The molecule has 146 valence electrons. The zero-order valence-corrected chi connectivity index (χ0v) is 16.6. The van der Waals surface area contributed by atoms with Crippen LogP contribution < -0.4 is 5.32 Å². The van der Waals surface area contributed by atoms with Crippen molar-refractivity contribution in [2.45, 2.75) is 39.2 Å². The van der Waals surface area contributed by atoms with Crippen LogP contribution in [0.15, 0.2) is 24.4 Å². The van der Waals surface area contributed by atoms with Gasteiger partial charge in [-0.25, -0.2) is 4.98 Å². The van der Waals surface area contributed by atoms with E-state index in [0.29, 0.717) is 30.0 Å². The highest BCUT2D eigenvalue weighted by molar-refractivity contribution is 5.99. The molecule has 3 atom stereocenters. The number of piperidine rings is 1. The summed E-state index contributed by atoms with van der Waals surface area (Å²) in [6.07, 6.45) is 1.97. The van der Waals surface area contributed by atoms with Crippen LogP contribution in [0.4, 0.5) is 0 Å². The number of rotatable bonds is 6. The van der Waals surface area contributed by atoms with Gasteiger partial charge in [0.1, 0.15) is 5.82 Å². The standard InChI is InChI=1S/C21H30N4O2/c1-13(2)19-23-18(17-7-5-6-8-25(17)19)20(26)22-9-14-15-10-24(11-16(14)15)12-21(3,4)27/h5-8,13-16,27H,9-12H2,1-4H3,(H,22,26)/t14?,15-,16+. The lowest BCUT2D eigenvalue weighted by Gasteiger charge is -2.27. The van der Waals surface area contributed by atoms with E-state index in [0.717, 1.165) is 31.0 Å². The number of pyridine rings is 1. The minimum absolute atomic E-state index is 0.0797. The monoisotopic (exact) mass is 370 g/mol. The van der Waals surface area contributed by atoms with Crippen LogP contribution in [0, 0.1) is 17.8 Å². The highest BCUT2D eigenvalue weighted by atomic mass is 16.3.